The van der Waals surface area contributed by atoms with Crippen molar-refractivity contribution < 1.29 is 14.6 Å². The molecular formula is C19H28N2O3. The van der Waals surface area contributed by atoms with Crippen LogP contribution in [0, 0.1) is 5.92 Å². The van der Waals surface area contributed by atoms with E-state index in [4.69, 9.17) is 4.74 Å². The van der Waals surface area contributed by atoms with Gasteiger partial charge in [-0.05, 0) is 62.4 Å². The minimum absolute atomic E-state index is 0.0919. The molecule has 1 aliphatic carbocycles. The molecule has 1 heterocycles. The van der Waals surface area contributed by atoms with Gasteiger partial charge < -0.3 is 15.2 Å². The number of likely N-dealkylation sites (tertiary alicyclic amines) is 1. The van der Waals surface area contributed by atoms with Crippen molar-refractivity contribution in [3.63, 3.8) is 0 Å². The zero-order valence-electron chi connectivity index (χ0n) is 14.4. The summed E-state index contributed by atoms with van der Waals surface area (Å²) in [5, 5.41) is 13.0. The van der Waals surface area contributed by atoms with E-state index in [1.54, 1.807) is 12.1 Å². The second-order valence-corrected chi connectivity index (χ2v) is 7.07. The van der Waals surface area contributed by atoms with Crippen molar-refractivity contribution in [3.05, 3.63) is 24.3 Å². The van der Waals surface area contributed by atoms with Gasteiger partial charge in [-0.15, -0.1) is 0 Å². The quantitative estimate of drug-likeness (QED) is 0.806. The number of aliphatic hydroxyl groups excluding tert-OH is 1. The maximum absolute atomic E-state index is 11.0. The number of β-amino-alcohol motifs (C(OH)–C–C–N with tert-alkyl or cyclic N) is 1. The lowest BCUT2D eigenvalue weighted by atomic mass is 9.79. The van der Waals surface area contributed by atoms with E-state index in [0.29, 0.717) is 24.9 Å². The summed E-state index contributed by atoms with van der Waals surface area (Å²) in [6.07, 6.45) is 6.14. The fourth-order valence-electron chi connectivity index (χ4n) is 3.79. The van der Waals surface area contributed by atoms with Gasteiger partial charge in [-0.25, -0.2) is 0 Å². The molecule has 24 heavy (non-hydrogen) atoms. The third-order valence-corrected chi connectivity index (χ3v) is 5.17. The number of amides is 1. The average Bonchev–Trinajstić information content (AvgIpc) is 2.92. The van der Waals surface area contributed by atoms with Gasteiger partial charge in [-0.1, -0.05) is 6.42 Å². The molecule has 1 aliphatic heterocycles. The molecule has 0 bridgehead atoms. The Bertz CT molecular complexity index is 542. The molecule has 3 rings (SSSR count). The normalized spacial score (nSPS) is 22.8. The first-order chi connectivity index (χ1) is 11.6. The first kappa shape index (κ1) is 17.2. The molecule has 132 valence electrons. The largest absolute Gasteiger partial charge is 0.491 e. The zero-order chi connectivity index (χ0) is 16.9. The Balaban J connectivity index is 1.43. The van der Waals surface area contributed by atoms with Gasteiger partial charge in [0.1, 0.15) is 18.5 Å². The van der Waals surface area contributed by atoms with Crippen LogP contribution in [-0.2, 0) is 4.79 Å². The summed E-state index contributed by atoms with van der Waals surface area (Å²) in [5.41, 5.74) is 0.746. The monoisotopic (exact) mass is 332 g/mol. The van der Waals surface area contributed by atoms with Crippen LogP contribution in [0.2, 0.25) is 0 Å². The SMILES string of the molecule is CC(=O)Nc1ccc(OCC(O)CN2CCCC2C2CCC2)cc1. The minimum atomic E-state index is -0.472. The lowest BCUT2D eigenvalue weighted by molar-refractivity contribution is -0.114. The van der Waals surface area contributed by atoms with Gasteiger partial charge in [0, 0.05) is 25.2 Å². The maximum Gasteiger partial charge on any atom is 0.221 e. The van der Waals surface area contributed by atoms with Crippen molar-refractivity contribution >= 4 is 11.6 Å². The van der Waals surface area contributed by atoms with Gasteiger partial charge in [0.05, 0.1) is 0 Å². The number of hydrogen-bond donors (Lipinski definition) is 2. The van der Waals surface area contributed by atoms with Gasteiger partial charge >= 0.3 is 0 Å². The lowest BCUT2D eigenvalue weighted by Crippen LogP contribution is -2.43. The number of hydrogen-bond acceptors (Lipinski definition) is 4. The van der Waals surface area contributed by atoms with Gasteiger partial charge in [-0.2, -0.15) is 0 Å². The fourth-order valence-corrected chi connectivity index (χ4v) is 3.79. The smallest absolute Gasteiger partial charge is 0.221 e. The number of anilines is 1. The molecule has 1 amide bonds. The summed E-state index contributed by atoms with van der Waals surface area (Å²) in [6.45, 7) is 3.58. The summed E-state index contributed by atoms with van der Waals surface area (Å²) in [4.78, 5) is 13.5. The van der Waals surface area contributed by atoms with Gasteiger partial charge in [0.15, 0.2) is 0 Å². The summed E-state index contributed by atoms with van der Waals surface area (Å²) < 4.78 is 5.68. The standard InChI is InChI=1S/C19H28N2O3/c1-14(22)20-16-7-9-18(10-8-16)24-13-17(23)12-21-11-3-6-19(21)15-4-2-5-15/h7-10,15,17,19,23H,2-6,11-13H2,1H3,(H,20,22). The molecule has 2 N–H and O–H groups in total. The van der Waals surface area contributed by atoms with E-state index in [1.165, 1.54) is 39.0 Å². The molecule has 5 heteroatoms. The highest BCUT2D eigenvalue weighted by atomic mass is 16.5. The Hall–Kier alpha value is -1.59. The predicted octanol–water partition coefficient (Wildman–Crippen LogP) is 2.65. The maximum atomic E-state index is 11.0. The fraction of sp³-hybridized carbons (Fsp3) is 0.632. The van der Waals surface area contributed by atoms with E-state index in [2.05, 4.69) is 10.2 Å². The van der Waals surface area contributed by atoms with Crippen LogP contribution in [0.25, 0.3) is 0 Å². The third kappa shape index (κ3) is 4.48. The van der Waals surface area contributed by atoms with Crippen molar-refractivity contribution in [3.8, 4) is 5.75 Å². The Morgan fingerprint density at radius 3 is 2.67 bits per heavy atom. The number of carbonyl (C=O) groups is 1. The van der Waals surface area contributed by atoms with E-state index in [0.717, 1.165) is 18.2 Å². The second kappa shape index (κ2) is 7.99. The molecule has 0 aromatic heterocycles. The Kier molecular flexibility index (Phi) is 5.74. The molecule has 1 saturated heterocycles. The molecule has 2 aliphatic rings. The molecule has 2 unspecified atom stereocenters. The van der Waals surface area contributed by atoms with Gasteiger partial charge in [0.25, 0.3) is 0 Å². The van der Waals surface area contributed by atoms with Crippen LogP contribution in [-0.4, -0.2) is 47.8 Å². The van der Waals surface area contributed by atoms with Crippen LogP contribution in [0.1, 0.15) is 39.0 Å². The topological polar surface area (TPSA) is 61.8 Å². The summed E-state index contributed by atoms with van der Waals surface area (Å²) >= 11 is 0. The number of ether oxygens (including phenoxy) is 1. The van der Waals surface area contributed by atoms with E-state index >= 15 is 0 Å². The molecule has 0 spiro atoms. The van der Waals surface area contributed by atoms with Crippen LogP contribution < -0.4 is 10.1 Å². The second-order valence-electron chi connectivity index (χ2n) is 7.07. The molecule has 1 saturated carbocycles. The third-order valence-electron chi connectivity index (χ3n) is 5.17. The van der Waals surface area contributed by atoms with E-state index in [9.17, 15) is 9.90 Å². The highest BCUT2D eigenvalue weighted by molar-refractivity contribution is 5.88. The molecule has 1 aromatic carbocycles. The lowest BCUT2D eigenvalue weighted by Gasteiger charge is -2.37. The zero-order valence-corrected chi connectivity index (χ0v) is 14.4. The summed E-state index contributed by atoms with van der Waals surface area (Å²) in [7, 11) is 0. The highest BCUT2D eigenvalue weighted by Crippen LogP contribution is 2.37. The molecule has 1 aromatic rings. The number of nitrogens with zero attached hydrogens (tertiary/aromatic N) is 1. The van der Waals surface area contributed by atoms with E-state index in [1.807, 2.05) is 12.1 Å². The Morgan fingerprint density at radius 1 is 1.29 bits per heavy atom. The van der Waals surface area contributed by atoms with Crippen LogP contribution in [0.4, 0.5) is 5.69 Å². The van der Waals surface area contributed by atoms with Crippen LogP contribution in [0.15, 0.2) is 24.3 Å². The van der Waals surface area contributed by atoms with Crippen LogP contribution >= 0.6 is 0 Å². The average molecular weight is 332 g/mol. The number of benzene rings is 1. The van der Waals surface area contributed by atoms with E-state index in [-0.39, 0.29) is 5.91 Å². The molecule has 5 nitrogen and oxygen atoms in total. The molecular weight excluding hydrogens is 304 g/mol. The van der Waals surface area contributed by atoms with Crippen molar-refractivity contribution in [2.45, 2.75) is 51.2 Å². The molecule has 2 atom stereocenters. The number of rotatable bonds is 7. The van der Waals surface area contributed by atoms with Crippen molar-refractivity contribution in [2.75, 3.05) is 25.0 Å². The number of aliphatic hydroxyl groups is 1. The van der Waals surface area contributed by atoms with Crippen molar-refractivity contribution in [1.29, 1.82) is 0 Å². The molecule has 2 fully saturated rings. The molecule has 0 radical (unpaired) electrons. The van der Waals surface area contributed by atoms with Crippen molar-refractivity contribution in [1.82, 2.24) is 4.90 Å². The van der Waals surface area contributed by atoms with Crippen molar-refractivity contribution in [2.24, 2.45) is 5.92 Å². The summed E-state index contributed by atoms with van der Waals surface area (Å²) in [5.74, 6) is 1.47. The van der Waals surface area contributed by atoms with Crippen LogP contribution in [0.3, 0.4) is 0 Å². The Morgan fingerprint density at radius 2 is 2.04 bits per heavy atom. The van der Waals surface area contributed by atoms with E-state index < -0.39 is 6.10 Å². The number of carbonyl (C=O) groups excluding carboxylic acids is 1. The minimum Gasteiger partial charge on any atom is -0.491 e. The predicted molar refractivity (Wildman–Crippen MR) is 94.2 cm³/mol. The highest BCUT2D eigenvalue weighted by Gasteiger charge is 2.35. The van der Waals surface area contributed by atoms with Crippen LogP contribution in [0.5, 0.6) is 5.75 Å². The number of nitrogens with one attached hydrogen (secondary N) is 1. The first-order valence-corrected chi connectivity index (χ1v) is 9.04. The summed E-state index contributed by atoms with van der Waals surface area (Å²) in [6, 6.07) is 7.90. The first-order valence-electron chi connectivity index (χ1n) is 9.04. The van der Waals surface area contributed by atoms with Gasteiger partial charge in [-0.3, -0.25) is 9.69 Å². The Labute approximate surface area is 144 Å². The van der Waals surface area contributed by atoms with Gasteiger partial charge in [0.2, 0.25) is 5.91 Å².